The molecule has 1 aliphatic carbocycles. The Morgan fingerprint density at radius 2 is 2.00 bits per heavy atom. The van der Waals surface area contributed by atoms with Crippen LogP contribution in [-0.2, 0) is 14.3 Å². The van der Waals surface area contributed by atoms with Gasteiger partial charge in [-0.3, -0.25) is 0 Å². The minimum atomic E-state index is -0.601. The third-order valence-electron chi connectivity index (χ3n) is 4.22. The van der Waals surface area contributed by atoms with E-state index in [1.54, 1.807) is 0 Å². The lowest BCUT2D eigenvalue weighted by atomic mass is 9.89. The lowest BCUT2D eigenvalue weighted by molar-refractivity contribution is -0.144. The fourth-order valence-corrected chi connectivity index (χ4v) is 2.78. The molecule has 5 heteroatoms. The predicted octanol–water partition coefficient (Wildman–Crippen LogP) is 3.44. The number of carbonyl (C=O) groups is 2. The van der Waals surface area contributed by atoms with Crippen molar-refractivity contribution in [2.75, 3.05) is 13.7 Å². The van der Waals surface area contributed by atoms with Crippen molar-refractivity contribution in [2.24, 2.45) is 11.3 Å². The molecule has 1 amide bonds. The molecule has 0 aliphatic heterocycles. The number of allylic oxidation sites excluding steroid dienone is 1. The molecule has 0 heterocycles. The maximum Gasteiger partial charge on any atom is 0.407 e. The molecular formula is C17H29NO4. The van der Waals surface area contributed by atoms with Crippen molar-refractivity contribution in [3.05, 3.63) is 12.7 Å². The zero-order valence-corrected chi connectivity index (χ0v) is 14.0. The summed E-state index contributed by atoms with van der Waals surface area (Å²) in [5.41, 5.74) is -0.111. The molecule has 1 rings (SSSR count). The van der Waals surface area contributed by atoms with Gasteiger partial charge < -0.3 is 14.8 Å². The summed E-state index contributed by atoms with van der Waals surface area (Å²) in [6.45, 7) is 8.09. The van der Waals surface area contributed by atoms with Crippen LogP contribution in [0, 0.1) is 11.3 Å². The first kappa shape index (κ1) is 18.5. The SMILES string of the molecule is C=CCCC(C)(C)COC(=O)NC(C(=O)OC)C1CCCC1. The second-order valence-corrected chi connectivity index (χ2v) is 6.76. The van der Waals surface area contributed by atoms with Gasteiger partial charge in [0.2, 0.25) is 0 Å². The summed E-state index contributed by atoms with van der Waals surface area (Å²) in [5.74, 6) is -0.247. The fourth-order valence-electron chi connectivity index (χ4n) is 2.78. The van der Waals surface area contributed by atoms with Crippen LogP contribution >= 0.6 is 0 Å². The second-order valence-electron chi connectivity index (χ2n) is 6.76. The summed E-state index contributed by atoms with van der Waals surface area (Å²) in [4.78, 5) is 23.9. The smallest absolute Gasteiger partial charge is 0.407 e. The van der Waals surface area contributed by atoms with Crippen LogP contribution in [-0.4, -0.2) is 31.8 Å². The van der Waals surface area contributed by atoms with Gasteiger partial charge in [0, 0.05) is 0 Å². The predicted molar refractivity (Wildman–Crippen MR) is 85.5 cm³/mol. The molecule has 0 aromatic heterocycles. The molecule has 1 aliphatic rings. The highest BCUT2D eigenvalue weighted by Gasteiger charge is 2.33. The Morgan fingerprint density at radius 3 is 2.55 bits per heavy atom. The lowest BCUT2D eigenvalue weighted by Gasteiger charge is -2.25. The largest absolute Gasteiger partial charge is 0.467 e. The molecule has 1 fully saturated rings. The summed E-state index contributed by atoms with van der Waals surface area (Å²) in [6.07, 6.45) is 7.13. The minimum absolute atomic E-state index is 0.111. The Labute approximate surface area is 133 Å². The van der Waals surface area contributed by atoms with Gasteiger partial charge in [0.15, 0.2) is 0 Å². The number of alkyl carbamates (subject to hydrolysis) is 1. The zero-order chi connectivity index (χ0) is 16.6. The number of amides is 1. The van der Waals surface area contributed by atoms with Gasteiger partial charge in [-0.15, -0.1) is 6.58 Å². The van der Waals surface area contributed by atoms with Crippen molar-refractivity contribution >= 4 is 12.1 Å². The van der Waals surface area contributed by atoms with Crippen LogP contribution in [0.5, 0.6) is 0 Å². The maximum atomic E-state index is 12.0. The first-order chi connectivity index (χ1) is 10.4. The summed E-state index contributed by atoms with van der Waals surface area (Å²) in [5, 5.41) is 2.68. The summed E-state index contributed by atoms with van der Waals surface area (Å²) >= 11 is 0. The Morgan fingerprint density at radius 1 is 1.36 bits per heavy atom. The number of rotatable bonds is 8. The van der Waals surface area contributed by atoms with Crippen molar-refractivity contribution in [2.45, 2.75) is 58.4 Å². The van der Waals surface area contributed by atoms with Gasteiger partial charge in [-0.25, -0.2) is 9.59 Å². The molecule has 0 radical (unpaired) electrons. The van der Waals surface area contributed by atoms with E-state index in [1.165, 1.54) is 7.11 Å². The van der Waals surface area contributed by atoms with E-state index in [0.29, 0.717) is 6.61 Å². The van der Waals surface area contributed by atoms with E-state index < -0.39 is 18.1 Å². The molecule has 1 unspecified atom stereocenters. The molecule has 0 bridgehead atoms. The molecule has 0 saturated heterocycles. The third-order valence-corrected chi connectivity index (χ3v) is 4.22. The number of nitrogens with one attached hydrogen (secondary N) is 1. The molecule has 0 aromatic rings. The van der Waals surface area contributed by atoms with Crippen LogP contribution in [0.1, 0.15) is 52.4 Å². The van der Waals surface area contributed by atoms with Gasteiger partial charge in [-0.05, 0) is 37.0 Å². The van der Waals surface area contributed by atoms with Crippen molar-refractivity contribution in [1.82, 2.24) is 5.32 Å². The monoisotopic (exact) mass is 311 g/mol. The van der Waals surface area contributed by atoms with Gasteiger partial charge in [-0.2, -0.15) is 0 Å². The molecule has 0 spiro atoms. The van der Waals surface area contributed by atoms with Crippen LogP contribution in [0.4, 0.5) is 4.79 Å². The molecule has 5 nitrogen and oxygen atoms in total. The van der Waals surface area contributed by atoms with E-state index in [1.807, 2.05) is 19.9 Å². The number of ether oxygens (including phenoxy) is 2. The van der Waals surface area contributed by atoms with Gasteiger partial charge >= 0.3 is 12.1 Å². The number of methoxy groups -OCH3 is 1. The van der Waals surface area contributed by atoms with Gasteiger partial charge in [-0.1, -0.05) is 32.8 Å². The molecule has 1 N–H and O–H groups in total. The van der Waals surface area contributed by atoms with Crippen molar-refractivity contribution < 1.29 is 19.1 Å². The molecule has 0 aromatic carbocycles. The Kier molecular flexibility index (Phi) is 7.42. The van der Waals surface area contributed by atoms with Crippen molar-refractivity contribution in [3.8, 4) is 0 Å². The Bertz CT molecular complexity index is 386. The first-order valence-electron chi connectivity index (χ1n) is 8.01. The first-order valence-corrected chi connectivity index (χ1v) is 8.01. The summed E-state index contributed by atoms with van der Waals surface area (Å²) in [7, 11) is 1.34. The zero-order valence-electron chi connectivity index (χ0n) is 14.0. The highest BCUT2D eigenvalue weighted by molar-refractivity contribution is 5.81. The van der Waals surface area contributed by atoms with Crippen LogP contribution in [0.25, 0.3) is 0 Å². The Hall–Kier alpha value is -1.52. The number of hydrogen-bond donors (Lipinski definition) is 1. The van der Waals surface area contributed by atoms with E-state index in [4.69, 9.17) is 9.47 Å². The minimum Gasteiger partial charge on any atom is -0.467 e. The molecular weight excluding hydrogens is 282 g/mol. The molecule has 1 atom stereocenters. The molecule has 1 saturated carbocycles. The van der Waals surface area contributed by atoms with Crippen LogP contribution in [0.15, 0.2) is 12.7 Å². The van der Waals surface area contributed by atoms with E-state index in [9.17, 15) is 9.59 Å². The number of esters is 1. The highest BCUT2D eigenvalue weighted by Crippen LogP contribution is 2.28. The fraction of sp³-hybridized carbons (Fsp3) is 0.765. The van der Waals surface area contributed by atoms with Crippen LogP contribution < -0.4 is 5.32 Å². The van der Waals surface area contributed by atoms with Crippen molar-refractivity contribution in [1.29, 1.82) is 0 Å². The summed E-state index contributed by atoms with van der Waals surface area (Å²) < 4.78 is 10.1. The third kappa shape index (κ3) is 6.08. The van der Waals surface area contributed by atoms with Gasteiger partial charge in [0.25, 0.3) is 0 Å². The highest BCUT2D eigenvalue weighted by atomic mass is 16.6. The lowest BCUT2D eigenvalue weighted by Crippen LogP contribution is -2.46. The van der Waals surface area contributed by atoms with Gasteiger partial charge in [0.05, 0.1) is 13.7 Å². The van der Waals surface area contributed by atoms with Crippen LogP contribution in [0.2, 0.25) is 0 Å². The van der Waals surface area contributed by atoms with Crippen molar-refractivity contribution in [3.63, 3.8) is 0 Å². The van der Waals surface area contributed by atoms with E-state index in [0.717, 1.165) is 38.5 Å². The molecule has 22 heavy (non-hydrogen) atoms. The number of carbonyl (C=O) groups excluding carboxylic acids is 2. The molecule has 126 valence electrons. The van der Waals surface area contributed by atoms with E-state index >= 15 is 0 Å². The maximum absolute atomic E-state index is 12.0. The topological polar surface area (TPSA) is 64.6 Å². The van der Waals surface area contributed by atoms with Gasteiger partial charge in [0.1, 0.15) is 6.04 Å². The quantitative estimate of drug-likeness (QED) is 0.551. The standard InChI is InChI=1S/C17H29NO4/c1-5-6-11-17(2,3)12-22-16(20)18-14(15(19)21-4)13-9-7-8-10-13/h5,13-14H,1,6-12H2,2-4H3,(H,18,20). The van der Waals surface area contributed by atoms with E-state index in [2.05, 4.69) is 11.9 Å². The normalized spacial score (nSPS) is 16.9. The average molecular weight is 311 g/mol. The second kappa shape index (κ2) is 8.81. The van der Waals surface area contributed by atoms with E-state index in [-0.39, 0.29) is 11.3 Å². The summed E-state index contributed by atoms with van der Waals surface area (Å²) in [6, 6.07) is -0.601. The average Bonchev–Trinajstić information content (AvgIpc) is 3.02. The Balaban J connectivity index is 2.49. The number of hydrogen-bond acceptors (Lipinski definition) is 4. The van der Waals surface area contributed by atoms with Crippen LogP contribution in [0.3, 0.4) is 0 Å².